The van der Waals surface area contributed by atoms with Crippen molar-refractivity contribution in [2.75, 3.05) is 26.0 Å². The number of aromatic amines is 1. The van der Waals surface area contributed by atoms with E-state index >= 15 is 0 Å². The number of nitrogens with zero attached hydrogens (tertiary/aromatic N) is 3. The van der Waals surface area contributed by atoms with Crippen molar-refractivity contribution in [3.63, 3.8) is 0 Å². The highest BCUT2D eigenvalue weighted by Gasteiger charge is 2.37. The number of nitrogen functional groups attached to an aromatic ring is 1. The number of carbonyl (C=O) groups excluding carboxylic acids is 2. The fraction of sp³-hybridized carbons (Fsp3) is 0.379. The maximum absolute atomic E-state index is 13.6. The Morgan fingerprint density at radius 1 is 1.32 bits per heavy atom. The Labute approximate surface area is 221 Å². The van der Waals surface area contributed by atoms with Crippen molar-refractivity contribution < 1.29 is 14.3 Å². The number of hydrogen-bond acceptors (Lipinski definition) is 6. The van der Waals surface area contributed by atoms with Gasteiger partial charge < -0.3 is 25.7 Å². The number of fused-ring (bicyclic) bond motifs is 1. The number of anilines is 1. The molecule has 3 heterocycles. The van der Waals surface area contributed by atoms with Gasteiger partial charge in [0.1, 0.15) is 23.0 Å². The Morgan fingerprint density at radius 3 is 2.76 bits per heavy atom. The van der Waals surface area contributed by atoms with E-state index in [2.05, 4.69) is 33.7 Å². The van der Waals surface area contributed by atoms with Crippen LogP contribution in [-0.4, -0.2) is 58.0 Å². The molecule has 1 saturated heterocycles. The molecule has 1 aliphatic heterocycles. The van der Waals surface area contributed by atoms with Gasteiger partial charge >= 0.3 is 0 Å². The van der Waals surface area contributed by atoms with E-state index in [1.165, 1.54) is 6.08 Å². The van der Waals surface area contributed by atoms with Gasteiger partial charge in [-0.3, -0.25) is 9.59 Å². The molecule has 1 aliphatic carbocycles. The molecule has 0 radical (unpaired) electrons. The zero-order valence-electron chi connectivity index (χ0n) is 21.7. The van der Waals surface area contributed by atoms with Gasteiger partial charge in [-0.2, -0.15) is 0 Å². The largest absolute Gasteiger partial charge is 0.383 e. The second-order valence-corrected chi connectivity index (χ2v) is 9.95. The van der Waals surface area contributed by atoms with E-state index in [4.69, 9.17) is 15.5 Å². The molecule has 0 spiro atoms. The quantitative estimate of drug-likeness (QED) is 0.329. The van der Waals surface area contributed by atoms with Crippen molar-refractivity contribution in [2.45, 2.75) is 44.2 Å². The molecule has 0 bridgehead atoms. The summed E-state index contributed by atoms with van der Waals surface area (Å²) in [4.78, 5) is 40.4. The van der Waals surface area contributed by atoms with E-state index in [1.807, 2.05) is 37.3 Å². The van der Waals surface area contributed by atoms with Crippen LogP contribution in [0.25, 0.3) is 11.0 Å². The number of benzene rings is 1. The van der Waals surface area contributed by atoms with Crippen LogP contribution in [0.1, 0.15) is 65.6 Å². The predicted octanol–water partition coefficient (Wildman–Crippen LogP) is 3.31. The molecule has 2 aromatic heterocycles. The van der Waals surface area contributed by atoms with Crippen LogP contribution < -0.4 is 11.1 Å². The number of nitrogens with one attached hydrogen (secondary N) is 2. The van der Waals surface area contributed by atoms with Gasteiger partial charge in [-0.25, -0.2) is 9.97 Å². The Balaban J connectivity index is 1.50. The average molecular weight is 513 g/mol. The molecule has 3 aromatic rings. The molecular formula is C29H32N6O3. The van der Waals surface area contributed by atoms with Crippen molar-refractivity contribution in [1.29, 1.82) is 0 Å². The van der Waals surface area contributed by atoms with Gasteiger partial charge in [0.15, 0.2) is 0 Å². The van der Waals surface area contributed by atoms with E-state index in [0.29, 0.717) is 53.6 Å². The number of ether oxygens (including phenoxy) is 1. The average Bonchev–Trinajstić information content (AvgIpc) is 3.53. The zero-order valence-corrected chi connectivity index (χ0v) is 21.7. The summed E-state index contributed by atoms with van der Waals surface area (Å²) in [5.41, 5.74) is 8.76. The molecule has 3 atom stereocenters. The van der Waals surface area contributed by atoms with E-state index in [0.717, 1.165) is 18.4 Å². The first-order valence-corrected chi connectivity index (χ1v) is 12.9. The molecule has 196 valence electrons. The van der Waals surface area contributed by atoms with E-state index < -0.39 is 0 Å². The van der Waals surface area contributed by atoms with Crippen LogP contribution in [0.3, 0.4) is 0 Å². The first kappa shape index (κ1) is 25.5. The van der Waals surface area contributed by atoms with Crippen LogP contribution in [0.4, 0.5) is 5.82 Å². The smallest absolute Gasteiger partial charge is 0.255 e. The molecule has 4 N–H and O–H groups in total. The molecule has 2 amide bonds. The number of nitrogens with two attached hydrogens (primary N) is 1. The Hall–Kier alpha value is -4.16. The number of hydrogen-bond donors (Lipinski definition) is 3. The normalized spacial score (nSPS) is 19.6. The summed E-state index contributed by atoms with van der Waals surface area (Å²) >= 11 is 0. The number of rotatable bonds is 7. The van der Waals surface area contributed by atoms with Crippen LogP contribution in [0.2, 0.25) is 0 Å². The van der Waals surface area contributed by atoms with Crippen molar-refractivity contribution in [3.8, 4) is 11.8 Å². The van der Waals surface area contributed by atoms with Crippen LogP contribution in [0.15, 0.2) is 43.0 Å². The molecule has 1 aromatic carbocycles. The molecule has 5 rings (SSSR count). The van der Waals surface area contributed by atoms with E-state index in [-0.39, 0.29) is 35.6 Å². The third-order valence-corrected chi connectivity index (χ3v) is 7.15. The first-order chi connectivity index (χ1) is 18.4. The molecule has 9 heteroatoms. The maximum atomic E-state index is 13.6. The molecule has 2 aliphatic rings. The van der Waals surface area contributed by atoms with Gasteiger partial charge in [-0.1, -0.05) is 42.8 Å². The highest BCUT2D eigenvalue weighted by atomic mass is 16.5. The third-order valence-electron chi connectivity index (χ3n) is 7.15. The van der Waals surface area contributed by atoms with E-state index in [1.54, 1.807) is 12.0 Å². The summed E-state index contributed by atoms with van der Waals surface area (Å²) < 4.78 is 5.33. The highest BCUT2D eigenvalue weighted by molar-refractivity contribution is 6.11. The Kier molecular flexibility index (Phi) is 7.16. The molecule has 9 nitrogen and oxygen atoms in total. The molecular weight excluding hydrogens is 480 g/mol. The van der Waals surface area contributed by atoms with Gasteiger partial charge in [0.2, 0.25) is 5.91 Å². The lowest BCUT2D eigenvalue weighted by molar-refractivity contribution is -0.127. The zero-order chi connectivity index (χ0) is 26.8. The lowest BCUT2D eigenvalue weighted by Crippen LogP contribution is -2.37. The summed E-state index contributed by atoms with van der Waals surface area (Å²) in [5, 5.41) is 3.53. The van der Waals surface area contributed by atoms with Crippen LogP contribution in [-0.2, 0) is 9.53 Å². The van der Waals surface area contributed by atoms with Gasteiger partial charge in [-0.05, 0) is 43.7 Å². The monoisotopic (exact) mass is 512 g/mol. The van der Waals surface area contributed by atoms with Gasteiger partial charge in [0.25, 0.3) is 5.91 Å². The summed E-state index contributed by atoms with van der Waals surface area (Å²) in [6.07, 6.45) is 4.07. The SMILES string of the molecule is C=CC(=O)N1C[C@H](c2nc(N)c3c(C(=O)N[C@H](C)c4ccccc4)c(C#CC4CC4)[nH]c3n2)C[C@@H]1COC. The standard InChI is InChI=1S/C29H32N6O3/c1-4-23(36)35-15-20(14-21(35)16-38-3)27-33-26(30)25-24(22(32-28(25)34-27)13-12-18-10-11-18)29(37)31-17(2)19-8-6-5-7-9-19/h4-9,17-18,20-21H,1,10-11,14-16H2,2-3H3,(H,31,37)(H3,30,32,33,34)/t17-,20-,21-/m1/s1. The highest BCUT2D eigenvalue weighted by Crippen LogP contribution is 2.34. The Bertz CT molecular complexity index is 1430. The first-order valence-electron chi connectivity index (χ1n) is 12.9. The van der Waals surface area contributed by atoms with Crippen molar-refractivity contribution in [2.24, 2.45) is 5.92 Å². The summed E-state index contributed by atoms with van der Waals surface area (Å²) in [6.45, 7) is 6.38. The molecule has 2 fully saturated rings. The minimum absolute atomic E-state index is 0.111. The molecule has 0 unspecified atom stereocenters. The third kappa shape index (κ3) is 5.13. The summed E-state index contributed by atoms with van der Waals surface area (Å²) in [6, 6.07) is 9.42. The Morgan fingerprint density at radius 2 is 2.08 bits per heavy atom. The second kappa shape index (κ2) is 10.7. The maximum Gasteiger partial charge on any atom is 0.255 e. The second-order valence-electron chi connectivity index (χ2n) is 9.95. The number of methoxy groups -OCH3 is 1. The van der Waals surface area contributed by atoms with Crippen LogP contribution in [0.5, 0.6) is 0 Å². The fourth-order valence-electron chi connectivity index (χ4n) is 4.98. The number of H-pyrrole nitrogens is 1. The minimum Gasteiger partial charge on any atom is -0.383 e. The van der Waals surface area contributed by atoms with Crippen molar-refractivity contribution >= 4 is 28.7 Å². The van der Waals surface area contributed by atoms with E-state index in [9.17, 15) is 9.59 Å². The number of amides is 2. The minimum atomic E-state index is -0.292. The topological polar surface area (TPSA) is 126 Å². The summed E-state index contributed by atoms with van der Waals surface area (Å²) in [7, 11) is 1.61. The van der Waals surface area contributed by atoms with Crippen molar-refractivity contribution in [1.82, 2.24) is 25.2 Å². The van der Waals surface area contributed by atoms with Crippen molar-refractivity contribution in [3.05, 3.63) is 65.6 Å². The van der Waals surface area contributed by atoms with Gasteiger partial charge in [0, 0.05) is 25.5 Å². The predicted molar refractivity (Wildman–Crippen MR) is 145 cm³/mol. The fourth-order valence-corrected chi connectivity index (χ4v) is 4.98. The van der Waals surface area contributed by atoms with Gasteiger partial charge in [0.05, 0.1) is 29.6 Å². The number of carbonyl (C=O) groups is 2. The summed E-state index contributed by atoms with van der Waals surface area (Å²) in [5.74, 6) is 6.87. The lowest BCUT2D eigenvalue weighted by Gasteiger charge is -2.22. The molecule has 1 saturated carbocycles. The van der Waals surface area contributed by atoms with Gasteiger partial charge in [-0.15, -0.1) is 0 Å². The lowest BCUT2D eigenvalue weighted by atomic mass is 10.0. The van der Waals surface area contributed by atoms with Crippen LogP contribution in [0, 0.1) is 17.8 Å². The van der Waals surface area contributed by atoms with Crippen LogP contribution >= 0.6 is 0 Å². The number of aromatic nitrogens is 3. The molecule has 38 heavy (non-hydrogen) atoms. The number of likely N-dealkylation sites (tertiary alicyclic amines) is 1.